The molecule has 6 nitrogen and oxygen atoms in total. The van der Waals surface area contributed by atoms with E-state index in [2.05, 4.69) is 25.7 Å². The van der Waals surface area contributed by atoms with E-state index in [-0.39, 0.29) is 18.3 Å². The van der Waals surface area contributed by atoms with Crippen LogP contribution in [0.15, 0.2) is 42.5 Å². The smallest absolute Gasteiger partial charge is 0.260 e. The molecule has 3 aromatic rings. The van der Waals surface area contributed by atoms with Gasteiger partial charge in [0.1, 0.15) is 11.5 Å². The van der Waals surface area contributed by atoms with E-state index in [0.717, 1.165) is 54.2 Å². The lowest BCUT2D eigenvalue weighted by atomic mass is 10.2. The third-order valence-corrected chi connectivity index (χ3v) is 6.58. The Balaban J connectivity index is 0.00000408. The number of hydrogen-bond acceptors (Lipinski definition) is 6. The van der Waals surface area contributed by atoms with Gasteiger partial charge in [0.2, 0.25) is 0 Å². The largest absolute Gasteiger partial charge is 0.494 e. The lowest BCUT2D eigenvalue weighted by molar-refractivity contribution is 0.0983. The molecular formula is C26H36ClN3O3S. The zero-order valence-corrected chi connectivity index (χ0v) is 22.2. The summed E-state index contributed by atoms with van der Waals surface area (Å²) in [5.74, 6) is 1.56. The van der Waals surface area contributed by atoms with Crippen molar-refractivity contribution < 1.29 is 14.3 Å². The van der Waals surface area contributed by atoms with Gasteiger partial charge in [-0.2, -0.15) is 0 Å². The SMILES string of the molecule is CCCCOc1ccc(C(=O)N(CCN(CC)CC)c2nc3ccc(OCC)cc3s2)cc1.Cl. The van der Waals surface area contributed by atoms with E-state index in [9.17, 15) is 4.79 Å². The molecule has 8 heteroatoms. The van der Waals surface area contributed by atoms with Gasteiger partial charge in [-0.1, -0.05) is 38.5 Å². The van der Waals surface area contributed by atoms with Crippen LogP contribution >= 0.6 is 23.7 Å². The number of hydrogen-bond donors (Lipinski definition) is 0. The van der Waals surface area contributed by atoms with Crippen molar-refractivity contribution in [1.82, 2.24) is 9.88 Å². The molecule has 3 rings (SSSR count). The molecule has 34 heavy (non-hydrogen) atoms. The molecule has 0 N–H and O–H groups in total. The third-order valence-electron chi connectivity index (χ3n) is 5.54. The van der Waals surface area contributed by atoms with Crippen molar-refractivity contribution in [3.63, 3.8) is 0 Å². The minimum absolute atomic E-state index is 0. The first-order valence-corrected chi connectivity index (χ1v) is 12.7. The molecule has 0 unspecified atom stereocenters. The molecule has 0 aliphatic carbocycles. The van der Waals surface area contributed by atoms with Gasteiger partial charge in [-0.25, -0.2) is 4.98 Å². The van der Waals surface area contributed by atoms with Crippen molar-refractivity contribution in [1.29, 1.82) is 0 Å². The zero-order chi connectivity index (χ0) is 23.6. The molecule has 0 saturated carbocycles. The third kappa shape index (κ3) is 7.32. The van der Waals surface area contributed by atoms with Crippen LogP contribution in [-0.2, 0) is 0 Å². The van der Waals surface area contributed by atoms with Gasteiger partial charge in [0.05, 0.1) is 23.4 Å². The van der Waals surface area contributed by atoms with E-state index < -0.39 is 0 Å². The van der Waals surface area contributed by atoms with E-state index in [1.165, 1.54) is 11.3 Å². The lowest BCUT2D eigenvalue weighted by Crippen LogP contribution is -2.38. The fourth-order valence-electron chi connectivity index (χ4n) is 3.51. The normalized spacial score (nSPS) is 10.9. The van der Waals surface area contributed by atoms with Crippen molar-refractivity contribution >= 4 is 45.0 Å². The summed E-state index contributed by atoms with van der Waals surface area (Å²) in [6.07, 6.45) is 2.11. The molecule has 0 spiro atoms. The molecule has 0 bridgehead atoms. The molecule has 0 saturated heterocycles. The fraction of sp³-hybridized carbons (Fsp3) is 0.462. The summed E-state index contributed by atoms with van der Waals surface area (Å²) in [4.78, 5) is 22.5. The van der Waals surface area contributed by atoms with Gasteiger partial charge in [-0.3, -0.25) is 9.69 Å². The van der Waals surface area contributed by atoms with Gasteiger partial charge in [0.25, 0.3) is 5.91 Å². The van der Waals surface area contributed by atoms with Crippen molar-refractivity contribution in [2.24, 2.45) is 0 Å². The fourth-order valence-corrected chi connectivity index (χ4v) is 4.53. The highest BCUT2D eigenvalue weighted by atomic mass is 35.5. The predicted molar refractivity (Wildman–Crippen MR) is 144 cm³/mol. The molecule has 0 aliphatic heterocycles. The van der Waals surface area contributed by atoms with E-state index in [0.29, 0.717) is 30.5 Å². The Kier molecular flexibility index (Phi) is 11.6. The number of fused-ring (bicyclic) bond motifs is 1. The summed E-state index contributed by atoms with van der Waals surface area (Å²) in [5, 5.41) is 0.707. The average Bonchev–Trinajstić information content (AvgIpc) is 3.25. The first kappa shape index (κ1) is 27.9. The summed E-state index contributed by atoms with van der Waals surface area (Å²) >= 11 is 1.52. The Morgan fingerprint density at radius 3 is 2.29 bits per heavy atom. The number of thiazole rings is 1. The minimum atomic E-state index is -0.0497. The number of benzene rings is 2. The van der Waals surface area contributed by atoms with E-state index in [4.69, 9.17) is 14.5 Å². The quantitative estimate of drug-likeness (QED) is 0.256. The van der Waals surface area contributed by atoms with Crippen LogP contribution in [0.5, 0.6) is 11.5 Å². The molecule has 0 radical (unpaired) electrons. The topological polar surface area (TPSA) is 54.9 Å². The molecule has 0 atom stereocenters. The molecule has 186 valence electrons. The molecular weight excluding hydrogens is 470 g/mol. The molecule has 1 heterocycles. The minimum Gasteiger partial charge on any atom is -0.494 e. The van der Waals surface area contributed by atoms with E-state index >= 15 is 0 Å². The number of nitrogens with zero attached hydrogens (tertiary/aromatic N) is 3. The summed E-state index contributed by atoms with van der Waals surface area (Å²) in [6, 6.07) is 13.3. The van der Waals surface area contributed by atoms with Crippen LogP contribution in [0.4, 0.5) is 5.13 Å². The summed E-state index contributed by atoms with van der Waals surface area (Å²) in [6.45, 7) is 12.9. The monoisotopic (exact) mass is 505 g/mol. The van der Waals surface area contributed by atoms with Crippen LogP contribution in [0.3, 0.4) is 0 Å². The summed E-state index contributed by atoms with van der Waals surface area (Å²) < 4.78 is 12.4. The van der Waals surface area contributed by atoms with Crippen LogP contribution < -0.4 is 14.4 Å². The van der Waals surface area contributed by atoms with Gasteiger partial charge in [-0.15, -0.1) is 12.4 Å². The standard InChI is InChI=1S/C26H35N3O3S.ClH/c1-5-9-18-32-21-12-10-20(11-13-21)25(30)29(17-16-28(6-2)7-3)26-27-23-15-14-22(31-8-4)19-24(23)33-26;/h10-15,19H,5-9,16-18H2,1-4H3;1H. The van der Waals surface area contributed by atoms with E-state index in [1.54, 1.807) is 4.90 Å². The maximum atomic E-state index is 13.6. The van der Waals surface area contributed by atoms with Crippen molar-refractivity contribution in [3.8, 4) is 11.5 Å². The second-order valence-corrected chi connectivity index (χ2v) is 8.78. The van der Waals surface area contributed by atoms with Gasteiger partial charge < -0.3 is 14.4 Å². The second kappa shape index (κ2) is 14.1. The Hall–Kier alpha value is -2.35. The highest BCUT2D eigenvalue weighted by molar-refractivity contribution is 7.22. The highest BCUT2D eigenvalue weighted by Crippen LogP contribution is 2.32. The Morgan fingerprint density at radius 2 is 1.65 bits per heavy atom. The zero-order valence-electron chi connectivity index (χ0n) is 20.6. The molecule has 1 amide bonds. The number of carbonyl (C=O) groups is 1. The molecule has 2 aromatic carbocycles. The van der Waals surface area contributed by atoms with Crippen LogP contribution in [0.25, 0.3) is 10.2 Å². The van der Waals surface area contributed by atoms with Gasteiger partial charge >= 0.3 is 0 Å². The number of halogens is 1. The molecule has 1 aromatic heterocycles. The van der Waals surface area contributed by atoms with Crippen LogP contribution in [0.1, 0.15) is 50.9 Å². The van der Waals surface area contributed by atoms with Crippen LogP contribution in [0, 0.1) is 0 Å². The first-order valence-electron chi connectivity index (χ1n) is 11.9. The number of carbonyl (C=O) groups excluding carboxylic acids is 1. The summed E-state index contributed by atoms with van der Waals surface area (Å²) in [5.41, 5.74) is 1.51. The van der Waals surface area contributed by atoms with Crippen LogP contribution in [0.2, 0.25) is 0 Å². The highest BCUT2D eigenvalue weighted by Gasteiger charge is 2.22. The van der Waals surface area contributed by atoms with E-state index in [1.807, 2.05) is 49.4 Å². The van der Waals surface area contributed by atoms with Crippen LogP contribution in [-0.4, -0.2) is 55.2 Å². The number of unbranched alkanes of at least 4 members (excludes halogenated alkanes) is 1. The lowest BCUT2D eigenvalue weighted by Gasteiger charge is -2.24. The first-order chi connectivity index (χ1) is 16.1. The Labute approximate surface area is 213 Å². The maximum absolute atomic E-state index is 13.6. The number of amides is 1. The molecule has 0 fully saturated rings. The van der Waals surface area contributed by atoms with Gasteiger partial charge in [-0.05, 0) is 68.9 Å². The Bertz CT molecular complexity index is 1020. The molecule has 0 aliphatic rings. The van der Waals surface area contributed by atoms with Crippen molar-refractivity contribution in [3.05, 3.63) is 48.0 Å². The average molecular weight is 506 g/mol. The Morgan fingerprint density at radius 1 is 0.941 bits per heavy atom. The number of ether oxygens (including phenoxy) is 2. The van der Waals surface area contributed by atoms with Crippen molar-refractivity contribution in [2.45, 2.75) is 40.5 Å². The second-order valence-electron chi connectivity index (χ2n) is 7.77. The maximum Gasteiger partial charge on any atom is 0.260 e. The van der Waals surface area contributed by atoms with Crippen molar-refractivity contribution in [2.75, 3.05) is 44.3 Å². The summed E-state index contributed by atoms with van der Waals surface area (Å²) in [7, 11) is 0. The number of aromatic nitrogens is 1. The number of likely N-dealkylation sites (N-methyl/N-ethyl adjacent to an activating group) is 1. The number of anilines is 1. The van der Waals surface area contributed by atoms with Gasteiger partial charge in [0.15, 0.2) is 5.13 Å². The van der Waals surface area contributed by atoms with Gasteiger partial charge in [0, 0.05) is 18.7 Å². The number of rotatable bonds is 13. The predicted octanol–water partition coefficient (Wildman–Crippen LogP) is 6.28.